The fourth-order valence-corrected chi connectivity index (χ4v) is 2.02. The summed E-state index contributed by atoms with van der Waals surface area (Å²) in [5, 5.41) is 8.92. The first-order valence-electron chi connectivity index (χ1n) is 5.26. The molecule has 2 aromatic carbocycles. The van der Waals surface area contributed by atoms with Gasteiger partial charge in [0.15, 0.2) is 0 Å². The van der Waals surface area contributed by atoms with Crippen molar-refractivity contribution in [2.24, 2.45) is 0 Å². The fourth-order valence-electron chi connectivity index (χ4n) is 1.51. The molecule has 0 N–H and O–H groups in total. The van der Waals surface area contributed by atoms with E-state index in [1.54, 1.807) is 0 Å². The van der Waals surface area contributed by atoms with Gasteiger partial charge in [-0.05, 0) is 59.0 Å². The van der Waals surface area contributed by atoms with Gasteiger partial charge in [-0.25, -0.2) is 4.39 Å². The maximum Gasteiger partial charge on any atom is 0.123 e. The Morgan fingerprint density at radius 1 is 1.22 bits per heavy atom. The third-order valence-corrected chi connectivity index (χ3v) is 3.05. The molecule has 0 aliphatic carbocycles. The minimum absolute atomic E-state index is 0.181. The maximum atomic E-state index is 13.1. The molecule has 0 bridgehead atoms. The third kappa shape index (κ3) is 3.20. The lowest BCUT2D eigenvalue weighted by Crippen LogP contribution is -1.99. The van der Waals surface area contributed by atoms with Gasteiger partial charge in [-0.2, -0.15) is 5.26 Å². The second-order valence-electron chi connectivity index (χ2n) is 3.66. The van der Waals surface area contributed by atoms with Crippen LogP contribution in [0.2, 0.25) is 0 Å². The number of rotatable bonds is 3. The molecule has 4 heteroatoms. The number of nitriles is 1. The lowest BCUT2D eigenvalue weighted by molar-refractivity contribution is 0.305. The largest absolute Gasteiger partial charge is 0.489 e. The summed E-state index contributed by atoms with van der Waals surface area (Å²) in [4.78, 5) is 0. The van der Waals surface area contributed by atoms with E-state index < -0.39 is 0 Å². The molecular weight excluding hydrogens is 344 g/mol. The summed E-state index contributed by atoms with van der Waals surface area (Å²) in [7, 11) is 0. The fraction of sp³-hybridized carbons (Fsp3) is 0.0714. The summed E-state index contributed by atoms with van der Waals surface area (Å²) >= 11 is 2.19. The van der Waals surface area contributed by atoms with Gasteiger partial charge in [-0.1, -0.05) is 6.07 Å². The number of benzene rings is 2. The highest BCUT2D eigenvalue weighted by molar-refractivity contribution is 14.1. The zero-order chi connectivity index (χ0) is 13.0. The number of ether oxygens (including phenoxy) is 1. The van der Waals surface area contributed by atoms with Crippen molar-refractivity contribution < 1.29 is 9.13 Å². The van der Waals surface area contributed by atoms with Gasteiger partial charge < -0.3 is 4.74 Å². The quantitative estimate of drug-likeness (QED) is 0.785. The Bertz CT molecular complexity index is 607. The summed E-state index contributed by atoms with van der Waals surface area (Å²) < 4.78 is 19.7. The van der Waals surface area contributed by atoms with Crippen molar-refractivity contribution in [2.45, 2.75) is 6.61 Å². The van der Waals surface area contributed by atoms with Crippen molar-refractivity contribution in [3.05, 3.63) is 63.0 Å². The van der Waals surface area contributed by atoms with Crippen LogP contribution in [-0.2, 0) is 6.61 Å². The molecule has 0 heterocycles. The van der Waals surface area contributed by atoms with Gasteiger partial charge in [-0.3, -0.25) is 0 Å². The summed E-state index contributed by atoms with van der Waals surface area (Å²) in [5.41, 5.74) is 0.985. The number of halogens is 2. The minimum Gasteiger partial charge on any atom is -0.489 e. The third-order valence-electron chi connectivity index (χ3n) is 2.38. The van der Waals surface area contributed by atoms with Crippen LogP contribution >= 0.6 is 22.6 Å². The number of hydrogen-bond donors (Lipinski definition) is 0. The monoisotopic (exact) mass is 353 g/mol. The van der Waals surface area contributed by atoms with E-state index >= 15 is 0 Å². The lowest BCUT2D eigenvalue weighted by Gasteiger charge is -2.08. The molecule has 0 aromatic heterocycles. The first kappa shape index (κ1) is 12.8. The highest BCUT2D eigenvalue weighted by Gasteiger charge is 2.05. The van der Waals surface area contributed by atoms with Gasteiger partial charge in [0.1, 0.15) is 18.2 Å². The van der Waals surface area contributed by atoms with E-state index in [1.165, 1.54) is 18.2 Å². The molecule has 0 amide bonds. The van der Waals surface area contributed by atoms with E-state index in [2.05, 4.69) is 22.6 Å². The van der Waals surface area contributed by atoms with Gasteiger partial charge in [0.05, 0.1) is 11.6 Å². The number of hydrogen-bond acceptors (Lipinski definition) is 2. The lowest BCUT2D eigenvalue weighted by atomic mass is 10.1. The van der Waals surface area contributed by atoms with Crippen LogP contribution in [-0.4, -0.2) is 0 Å². The van der Waals surface area contributed by atoms with Crippen molar-refractivity contribution in [1.82, 2.24) is 0 Å². The number of nitrogens with zero attached hydrogens (tertiary/aromatic N) is 1. The van der Waals surface area contributed by atoms with Crippen molar-refractivity contribution in [3.63, 3.8) is 0 Å². The van der Waals surface area contributed by atoms with Crippen LogP contribution in [0.5, 0.6) is 5.75 Å². The maximum absolute atomic E-state index is 13.1. The Morgan fingerprint density at radius 2 is 2.06 bits per heavy atom. The molecule has 0 radical (unpaired) electrons. The topological polar surface area (TPSA) is 33.0 Å². The Hall–Kier alpha value is -1.61. The zero-order valence-electron chi connectivity index (χ0n) is 9.36. The van der Waals surface area contributed by atoms with Gasteiger partial charge in [0.2, 0.25) is 0 Å². The highest BCUT2D eigenvalue weighted by Crippen LogP contribution is 2.18. The molecule has 90 valence electrons. The second kappa shape index (κ2) is 5.83. The predicted molar refractivity (Wildman–Crippen MR) is 74.6 cm³/mol. The molecule has 2 aromatic rings. The van der Waals surface area contributed by atoms with E-state index in [0.29, 0.717) is 16.9 Å². The molecule has 0 saturated carbocycles. The summed E-state index contributed by atoms with van der Waals surface area (Å²) in [6, 6.07) is 13.6. The average Bonchev–Trinajstić information content (AvgIpc) is 2.37. The van der Waals surface area contributed by atoms with Crippen LogP contribution < -0.4 is 4.74 Å². The standard InChI is InChI=1S/C14H9FINO/c15-12-5-4-10(8-17)11(6-12)9-18-14-3-1-2-13(16)7-14/h1-7H,9H2. The molecule has 0 aliphatic heterocycles. The van der Waals surface area contributed by atoms with Gasteiger partial charge >= 0.3 is 0 Å². The first-order valence-corrected chi connectivity index (χ1v) is 6.34. The van der Waals surface area contributed by atoms with Crippen molar-refractivity contribution in [1.29, 1.82) is 5.26 Å². The SMILES string of the molecule is N#Cc1ccc(F)cc1COc1cccc(I)c1. The Kier molecular flexibility index (Phi) is 4.15. The molecule has 18 heavy (non-hydrogen) atoms. The average molecular weight is 353 g/mol. The van der Waals surface area contributed by atoms with Crippen LogP contribution in [0.1, 0.15) is 11.1 Å². The van der Waals surface area contributed by atoms with Crippen molar-refractivity contribution >= 4 is 22.6 Å². The summed E-state index contributed by atoms with van der Waals surface area (Å²) in [6.07, 6.45) is 0. The summed E-state index contributed by atoms with van der Waals surface area (Å²) in [6.45, 7) is 0.181. The molecule has 0 fully saturated rings. The summed E-state index contributed by atoms with van der Waals surface area (Å²) in [5.74, 6) is 0.338. The molecule has 0 atom stereocenters. The Balaban J connectivity index is 2.15. The zero-order valence-corrected chi connectivity index (χ0v) is 11.5. The van der Waals surface area contributed by atoms with E-state index in [-0.39, 0.29) is 12.4 Å². The Morgan fingerprint density at radius 3 is 2.78 bits per heavy atom. The van der Waals surface area contributed by atoms with E-state index in [0.717, 1.165) is 3.57 Å². The normalized spacial score (nSPS) is 9.83. The van der Waals surface area contributed by atoms with Crippen molar-refractivity contribution in [3.8, 4) is 11.8 Å². The highest BCUT2D eigenvalue weighted by atomic mass is 127. The van der Waals surface area contributed by atoms with E-state index in [4.69, 9.17) is 10.00 Å². The first-order chi connectivity index (χ1) is 8.69. The van der Waals surface area contributed by atoms with Crippen LogP contribution in [0.4, 0.5) is 4.39 Å². The van der Waals surface area contributed by atoms with Gasteiger partial charge in [-0.15, -0.1) is 0 Å². The molecule has 0 unspecified atom stereocenters. The minimum atomic E-state index is -0.366. The molecular formula is C14H9FINO. The molecule has 0 spiro atoms. The molecule has 0 aliphatic rings. The van der Waals surface area contributed by atoms with Gasteiger partial charge in [0.25, 0.3) is 0 Å². The van der Waals surface area contributed by atoms with Crippen LogP contribution in [0.3, 0.4) is 0 Å². The smallest absolute Gasteiger partial charge is 0.123 e. The molecule has 2 rings (SSSR count). The Labute approximate surface area is 118 Å². The van der Waals surface area contributed by atoms with E-state index in [9.17, 15) is 4.39 Å². The van der Waals surface area contributed by atoms with Crippen molar-refractivity contribution in [2.75, 3.05) is 0 Å². The van der Waals surface area contributed by atoms with E-state index in [1.807, 2.05) is 30.3 Å². The molecule has 2 nitrogen and oxygen atoms in total. The van der Waals surface area contributed by atoms with Crippen LogP contribution in [0.25, 0.3) is 0 Å². The molecule has 0 saturated heterocycles. The van der Waals surface area contributed by atoms with Crippen LogP contribution in [0.15, 0.2) is 42.5 Å². The van der Waals surface area contributed by atoms with Crippen LogP contribution in [0, 0.1) is 20.7 Å². The van der Waals surface area contributed by atoms with Gasteiger partial charge in [0, 0.05) is 9.13 Å². The second-order valence-corrected chi connectivity index (χ2v) is 4.90. The predicted octanol–water partition coefficient (Wildman–Crippen LogP) is 3.88.